The summed E-state index contributed by atoms with van der Waals surface area (Å²) in [6.07, 6.45) is 3.18. The molecule has 0 radical (unpaired) electrons. The Morgan fingerprint density at radius 1 is 1.33 bits per heavy atom. The molecule has 6 nitrogen and oxygen atoms in total. The van der Waals surface area contributed by atoms with Gasteiger partial charge in [0.15, 0.2) is 11.5 Å². The fourth-order valence-electron chi connectivity index (χ4n) is 2.02. The van der Waals surface area contributed by atoms with E-state index in [1.165, 1.54) is 13.2 Å². The van der Waals surface area contributed by atoms with Crippen LogP contribution < -0.4 is 14.8 Å². The number of carbonyl (C=O) groups is 2. The van der Waals surface area contributed by atoms with Gasteiger partial charge in [0.2, 0.25) is 0 Å². The van der Waals surface area contributed by atoms with Gasteiger partial charge < -0.3 is 14.8 Å². The van der Waals surface area contributed by atoms with E-state index < -0.39 is 5.91 Å². The molecule has 2 rings (SSSR count). The van der Waals surface area contributed by atoms with Gasteiger partial charge in [0.1, 0.15) is 11.6 Å². The van der Waals surface area contributed by atoms with E-state index in [0.717, 1.165) is 12.8 Å². The summed E-state index contributed by atoms with van der Waals surface area (Å²) in [5.41, 5.74) is 0.599. The Morgan fingerprint density at radius 2 is 2.04 bits per heavy atom. The van der Waals surface area contributed by atoms with Gasteiger partial charge in [0.25, 0.3) is 5.91 Å². The predicted octanol–water partition coefficient (Wildman–Crippen LogP) is 2.44. The van der Waals surface area contributed by atoms with Gasteiger partial charge in [0, 0.05) is 6.04 Å². The summed E-state index contributed by atoms with van der Waals surface area (Å²) < 4.78 is 10.6. The Balaban J connectivity index is 2.21. The SMILES string of the molecule is COc1cc(/C=C(\C#N)C(=O)NC(C)C)ccc1OC(=O)C1CC1. The van der Waals surface area contributed by atoms with Crippen LogP contribution in [0.2, 0.25) is 0 Å². The topological polar surface area (TPSA) is 88.4 Å². The van der Waals surface area contributed by atoms with Crippen molar-refractivity contribution in [1.29, 1.82) is 5.26 Å². The number of nitrogens with one attached hydrogen (secondary N) is 1. The molecule has 0 atom stereocenters. The average Bonchev–Trinajstić information content (AvgIpc) is 3.37. The van der Waals surface area contributed by atoms with E-state index in [-0.39, 0.29) is 23.5 Å². The van der Waals surface area contributed by atoms with Crippen molar-refractivity contribution in [3.05, 3.63) is 29.3 Å². The maximum absolute atomic E-state index is 11.9. The number of esters is 1. The number of amides is 1. The standard InChI is InChI=1S/C18H20N2O4/c1-11(2)20-17(21)14(10-19)8-12-4-7-15(16(9-12)23-3)24-18(22)13-5-6-13/h4,7-9,11,13H,5-6H2,1-3H3,(H,20,21)/b14-8+. The number of ether oxygens (including phenoxy) is 2. The molecule has 1 fully saturated rings. The average molecular weight is 328 g/mol. The second-order valence-electron chi connectivity index (χ2n) is 5.90. The van der Waals surface area contributed by atoms with Crippen molar-refractivity contribution >= 4 is 18.0 Å². The highest BCUT2D eigenvalue weighted by molar-refractivity contribution is 6.01. The first-order valence-corrected chi connectivity index (χ1v) is 7.77. The van der Waals surface area contributed by atoms with Gasteiger partial charge in [-0.2, -0.15) is 5.26 Å². The minimum Gasteiger partial charge on any atom is -0.493 e. The molecule has 0 unspecified atom stereocenters. The molecule has 1 aromatic rings. The molecule has 0 aromatic heterocycles. The van der Waals surface area contributed by atoms with Gasteiger partial charge in [-0.05, 0) is 50.5 Å². The summed E-state index contributed by atoms with van der Waals surface area (Å²) in [7, 11) is 1.47. The third-order valence-corrected chi connectivity index (χ3v) is 3.40. The second kappa shape index (κ2) is 7.64. The number of methoxy groups -OCH3 is 1. The van der Waals surface area contributed by atoms with Crippen LogP contribution in [0.4, 0.5) is 0 Å². The Kier molecular flexibility index (Phi) is 5.59. The number of benzene rings is 1. The molecule has 1 aliphatic carbocycles. The van der Waals surface area contributed by atoms with Crippen molar-refractivity contribution in [1.82, 2.24) is 5.32 Å². The molecule has 0 spiro atoms. The van der Waals surface area contributed by atoms with Crippen molar-refractivity contribution in [2.75, 3.05) is 7.11 Å². The molecule has 1 N–H and O–H groups in total. The number of rotatable bonds is 6. The monoisotopic (exact) mass is 328 g/mol. The molecule has 0 aliphatic heterocycles. The Bertz CT molecular complexity index is 712. The number of nitrogens with zero attached hydrogens (tertiary/aromatic N) is 1. The third kappa shape index (κ3) is 4.59. The number of carbonyl (C=O) groups excluding carboxylic acids is 2. The highest BCUT2D eigenvalue weighted by Gasteiger charge is 2.32. The van der Waals surface area contributed by atoms with Crippen LogP contribution in [0, 0.1) is 17.2 Å². The smallest absolute Gasteiger partial charge is 0.314 e. The molecule has 0 heterocycles. The van der Waals surface area contributed by atoms with Crippen molar-refractivity contribution in [2.24, 2.45) is 5.92 Å². The Labute approximate surface area is 141 Å². The van der Waals surface area contributed by atoms with Gasteiger partial charge in [-0.15, -0.1) is 0 Å². The Hall–Kier alpha value is -2.81. The lowest BCUT2D eigenvalue weighted by molar-refractivity contribution is -0.135. The van der Waals surface area contributed by atoms with Crippen LogP contribution in [-0.2, 0) is 9.59 Å². The van der Waals surface area contributed by atoms with Crippen LogP contribution >= 0.6 is 0 Å². The highest BCUT2D eigenvalue weighted by Crippen LogP contribution is 2.34. The maximum Gasteiger partial charge on any atom is 0.314 e. The van der Waals surface area contributed by atoms with Crippen LogP contribution in [0.15, 0.2) is 23.8 Å². The van der Waals surface area contributed by atoms with E-state index in [2.05, 4.69) is 5.32 Å². The molecular weight excluding hydrogens is 308 g/mol. The van der Waals surface area contributed by atoms with E-state index in [0.29, 0.717) is 17.1 Å². The first-order chi connectivity index (χ1) is 11.4. The van der Waals surface area contributed by atoms with E-state index in [9.17, 15) is 9.59 Å². The zero-order chi connectivity index (χ0) is 17.7. The third-order valence-electron chi connectivity index (χ3n) is 3.40. The van der Waals surface area contributed by atoms with Gasteiger partial charge in [0.05, 0.1) is 13.0 Å². The van der Waals surface area contributed by atoms with Gasteiger partial charge in [-0.3, -0.25) is 9.59 Å². The first-order valence-electron chi connectivity index (χ1n) is 7.77. The van der Waals surface area contributed by atoms with E-state index >= 15 is 0 Å². The summed E-state index contributed by atoms with van der Waals surface area (Å²) in [4.78, 5) is 23.7. The van der Waals surface area contributed by atoms with Crippen molar-refractivity contribution in [3.63, 3.8) is 0 Å². The zero-order valence-corrected chi connectivity index (χ0v) is 14.0. The zero-order valence-electron chi connectivity index (χ0n) is 14.0. The molecule has 1 aromatic carbocycles. The van der Waals surface area contributed by atoms with Gasteiger partial charge in [-0.25, -0.2) is 0 Å². The van der Waals surface area contributed by atoms with Gasteiger partial charge >= 0.3 is 5.97 Å². The molecule has 1 amide bonds. The summed E-state index contributed by atoms with van der Waals surface area (Å²) >= 11 is 0. The summed E-state index contributed by atoms with van der Waals surface area (Å²) in [5.74, 6) is -0.00322. The van der Waals surface area contributed by atoms with Crippen LogP contribution in [0.3, 0.4) is 0 Å². The Morgan fingerprint density at radius 3 is 2.58 bits per heavy atom. The second-order valence-corrected chi connectivity index (χ2v) is 5.90. The fourth-order valence-corrected chi connectivity index (χ4v) is 2.02. The minimum absolute atomic E-state index is 0.00604. The van der Waals surface area contributed by atoms with E-state index in [1.807, 2.05) is 19.9 Å². The molecule has 6 heteroatoms. The van der Waals surface area contributed by atoms with Crippen molar-refractivity contribution in [2.45, 2.75) is 32.7 Å². The number of hydrogen-bond acceptors (Lipinski definition) is 5. The van der Waals surface area contributed by atoms with Crippen molar-refractivity contribution < 1.29 is 19.1 Å². The molecule has 1 saturated carbocycles. The minimum atomic E-state index is -0.435. The highest BCUT2D eigenvalue weighted by atomic mass is 16.6. The van der Waals surface area contributed by atoms with E-state index in [4.69, 9.17) is 14.7 Å². The quantitative estimate of drug-likeness (QED) is 0.375. The summed E-state index contributed by atoms with van der Waals surface area (Å²) in [6.45, 7) is 3.64. The first kappa shape index (κ1) is 17.5. The molecular formula is C18H20N2O4. The lowest BCUT2D eigenvalue weighted by Gasteiger charge is -2.10. The van der Waals surface area contributed by atoms with Crippen LogP contribution in [0.5, 0.6) is 11.5 Å². The van der Waals surface area contributed by atoms with E-state index in [1.54, 1.807) is 18.2 Å². The molecule has 1 aliphatic rings. The van der Waals surface area contributed by atoms with Crippen LogP contribution in [-0.4, -0.2) is 25.0 Å². The van der Waals surface area contributed by atoms with Crippen molar-refractivity contribution in [3.8, 4) is 17.6 Å². The van der Waals surface area contributed by atoms with Gasteiger partial charge in [-0.1, -0.05) is 6.07 Å². The van der Waals surface area contributed by atoms with Crippen LogP contribution in [0.25, 0.3) is 6.08 Å². The summed E-state index contributed by atoms with van der Waals surface area (Å²) in [6, 6.07) is 6.71. The van der Waals surface area contributed by atoms with Crippen LogP contribution in [0.1, 0.15) is 32.3 Å². The lowest BCUT2D eigenvalue weighted by atomic mass is 10.1. The molecule has 0 bridgehead atoms. The lowest BCUT2D eigenvalue weighted by Crippen LogP contribution is -2.30. The molecule has 0 saturated heterocycles. The largest absolute Gasteiger partial charge is 0.493 e. The predicted molar refractivity (Wildman–Crippen MR) is 88.2 cm³/mol. The molecule has 24 heavy (non-hydrogen) atoms. The fraction of sp³-hybridized carbons (Fsp3) is 0.389. The number of nitriles is 1. The molecule has 126 valence electrons. The summed E-state index contributed by atoms with van der Waals surface area (Å²) in [5, 5.41) is 11.8. The normalized spacial score (nSPS) is 14.0. The number of hydrogen-bond donors (Lipinski definition) is 1. The maximum atomic E-state index is 11.9.